The standard InChI is InChI=1S/C13H23NO2Si/c1-13(2,3)14(17(6,15-4)16-5)12-10-8-7-9-11-12/h7-11H,1-6H3. The van der Waals surface area contributed by atoms with Crippen molar-refractivity contribution in [2.24, 2.45) is 0 Å². The third-order valence-corrected chi connectivity index (χ3v) is 6.11. The van der Waals surface area contributed by atoms with Crippen LogP contribution in [0, 0.1) is 0 Å². The van der Waals surface area contributed by atoms with Crippen LogP contribution in [-0.4, -0.2) is 28.5 Å². The van der Waals surface area contributed by atoms with Crippen molar-refractivity contribution in [3.63, 3.8) is 0 Å². The average Bonchev–Trinajstić information content (AvgIpc) is 2.28. The molecule has 0 unspecified atom stereocenters. The second-order valence-electron chi connectivity index (χ2n) is 5.15. The van der Waals surface area contributed by atoms with Crippen LogP contribution in [0.25, 0.3) is 0 Å². The van der Waals surface area contributed by atoms with Crippen LogP contribution in [0.2, 0.25) is 6.55 Å². The number of rotatable bonds is 4. The Bertz CT molecular complexity index is 344. The maximum absolute atomic E-state index is 5.67. The van der Waals surface area contributed by atoms with Gasteiger partial charge in [-0.2, -0.15) is 0 Å². The molecule has 17 heavy (non-hydrogen) atoms. The van der Waals surface area contributed by atoms with Gasteiger partial charge in [0.25, 0.3) is 0 Å². The van der Waals surface area contributed by atoms with E-state index in [-0.39, 0.29) is 5.54 Å². The molecule has 1 aromatic carbocycles. The van der Waals surface area contributed by atoms with Gasteiger partial charge in [0.05, 0.1) is 0 Å². The Labute approximate surface area is 106 Å². The molecule has 0 fully saturated rings. The monoisotopic (exact) mass is 253 g/mol. The van der Waals surface area contributed by atoms with Crippen LogP contribution in [0.1, 0.15) is 20.8 Å². The summed E-state index contributed by atoms with van der Waals surface area (Å²) in [6, 6.07) is 10.3. The number of hydrogen-bond acceptors (Lipinski definition) is 3. The Morgan fingerprint density at radius 2 is 1.47 bits per heavy atom. The van der Waals surface area contributed by atoms with Gasteiger partial charge in [-0.1, -0.05) is 18.2 Å². The highest BCUT2D eigenvalue weighted by molar-refractivity contribution is 6.70. The third-order valence-electron chi connectivity index (χ3n) is 2.85. The molecule has 0 spiro atoms. The molecule has 0 saturated carbocycles. The Kier molecular flexibility index (Phi) is 4.35. The molecule has 4 heteroatoms. The first-order valence-corrected chi connectivity index (χ1v) is 8.07. The number of hydrogen-bond donors (Lipinski definition) is 0. The zero-order valence-electron chi connectivity index (χ0n) is 11.7. The lowest BCUT2D eigenvalue weighted by Gasteiger charge is -2.46. The van der Waals surface area contributed by atoms with E-state index < -0.39 is 8.72 Å². The van der Waals surface area contributed by atoms with Crippen LogP contribution < -0.4 is 4.57 Å². The van der Waals surface area contributed by atoms with Gasteiger partial charge in [0.15, 0.2) is 0 Å². The minimum Gasteiger partial charge on any atom is -0.382 e. The highest BCUT2D eigenvalue weighted by Crippen LogP contribution is 2.30. The van der Waals surface area contributed by atoms with Gasteiger partial charge in [-0.05, 0) is 39.5 Å². The van der Waals surface area contributed by atoms with Crippen molar-refractivity contribution in [3.8, 4) is 0 Å². The van der Waals surface area contributed by atoms with Crippen LogP contribution in [0.15, 0.2) is 30.3 Å². The van der Waals surface area contributed by atoms with Crippen molar-refractivity contribution in [1.29, 1.82) is 0 Å². The fraction of sp³-hybridized carbons (Fsp3) is 0.538. The fourth-order valence-electron chi connectivity index (χ4n) is 2.07. The van der Waals surface area contributed by atoms with E-state index in [1.165, 1.54) is 0 Å². The van der Waals surface area contributed by atoms with E-state index in [9.17, 15) is 0 Å². The van der Waals surface area contributed by atoms with E-state index in [1.807, 2.05) is 18.2 Å². The van der Waals surface area contributed by atoms with Crippen LogP contribution in [0.3, 0.4) is 0 Å². The molecule has 1 aromatic rings. The quantitative estimate of drug-likeness (QED) is 0.769. The molecule has 0 heterocycles. The average molecular weight is 253 g/mol. The zero-order chi connectivity index (χ0) is 13.1. The van der Waals surface area contributed by atoms with E-state index in [2.05, 4.69) is 44.0 Å². The number of benzene rings is 1. The lowest BCUT2D eigenvalue weighted by Crippen LogP contribution is -2.62. The minimum absolute atomic E-state index is 0.0473. The summed E-state index contributed by atoms with van der Waals surface area (Å²) in [6.45, 7) is 8.57. The van der Waals surface area contributed by atoms with E-state index in [1.54, 1.807) is 14.2 Å². The lowest BCUT2D eigenvalue weighted by molar-refractivity contribution is 0.236. The molecule has 0 aromatic heterocycles. The molecular weight excluding hydrogens is 230 g/mol. The number of para-hydroxylation sites is 1. The van der Waals surface area contributed by atoms with Crippen molar-refractivity contribution < 1.29 is 8.85 Å². The Morgan fingerprint density at radius 3 is 1.82 bits per heavy atom. The van der Waals surface area contributed by atoms with Crippen LogP contribution in [-0.2, 0) is 8.85 Å². The van der Waals surface area contributed by atoms with Crippen molar-refractivity contribution >= 4 is 14.4 Å². The van der Waals surface area contributed by atoms with Crippen molar-refractivity contribution in [2.45, 2.75) is 32.9 Å². The summed E-state index contributed by atoms with van der Waals surface area (Å²) in [5.74, 6) is 0. The molecule has 0 aliphatic heterocycles. The lowest BCUT2D eigenvalue weighted by atomic mass is 10.1. The largest absolute Gasteiger partial charge is 0.456 e. The summed E-state index contributed by atoms with van der Waals surface area (Å²) in [6.07, 6.45) is 0. The molecule has 0 bridgehead atoms. The van der Waals surface area contributed by atoms with Gasteiger partial charge in [-0.3, -0.25) is 0 Å². The van der Waals surface area contributed by atoms with Gasteiger partial charge < -0.3 is 13.4 Å². The van der Waals surface area contributed by atoms with Gasteiger partial charge in [0.1, 0.15) is 0 Å². The van der Waals surface area contributed by atoms with Crippen LogP contribution >= 0.6 is 0 Å². The first-order chi connectivity index (χ1) is 7.85. The predicted molar refractivity (Wildman–Crippen MR) is 74.3 cm³/mol. The number of anilines is 1. The van der Waals surface area contributed by atoms with E-state index in [0.29, 0.717) is 0 Å². The molecule has 0 saturated heterocycles. The summed E-state index contributed by atoms with van der Waals surface area (Å²) in [5, 5.41) is 0. The molecular formula is C13H23NO2Si. The summed E-state index contributed by atoms with van der Waals surface area (Å²) in [4.78, 5) is 0. The second-order valence-corrected chi connectivity index (χ2v) is 8.21. The van der Waals surface area contributed by atoms with Crippen LogP contribution in [0.4, 0.5) is 5.69 Å². The molecule has 1 rings (SSSR count). The molecule has 0 amide bonds. The maximum atomic E-state index is 5.67. The third kappa shape index (κ3) is 3.09. The number of nitrogens with zero attached hydrogens (tertiary/aromatic N) is 1. The summed E-state index contributed by atoms with van der Waals surface area (Å²) >= 11 is 0. The Balaban J connectivity index is 3.23. The van der Waals surface area contributed by atoms with E-state index in [0.717, 1.165) is 5.69 Å². The smallest absolute Gasteiger partial charge is 0.382 e. The van der Waals surface area contributed by atoms with Crippen molar-refractivity contribution in [2.75, 3.05) is 18.8 Å². The molecule has 0 atom stereocenters. The molecule has 3 nitrogen and oxygen atoms in total. The summed E-state index contributed by atoms with van der Waals surface area (Å²) in [5.41, 5.74) is 1.09. The van der Waals surface area contributed by atoms with E-state index >= 15 is 0 Å². The van der Waals surface area contributed by atoms with Gasteiger partial charge in [0.2, 0.25) is 0 Å². The van der Waals surface area contributed by atoms with Gasteiger partial charge in [-0.25, -0.2) is 0 Å². The SMILES string of the molecule is CO[Si](C)(OC)N(c1ccccc1)C(C)(C)C. The van der Waals surface area contributed by atoms with Gasteiger partial charge in [0, 0.05) is 25.4 Å². The Hall–Kier alpha value is -0.843. The first-order valence-electron chi connectivity index (χ1n) is 5.81. The molecule has 0 aliphatic carbocycles. The topological polar surface area (TPSA) is 21.7 Å². The van der Waals surface area contributed by atoms with E-state index in [4.69, 9.17) is 8.85 Å². The maximum Gasteiger partial charge on any atom is 0.456 e. The predicted octanol–water partition coefficient (Wildman–Crippen LogP) is 3.15. The highest BCUT2D eigenvalue weighted by Gasteiger charge is 2.44. The fourth-order valence-corrected chi connectivity index (χ4v) is 4.44. The van der Waals surface area contributed by atoms with Crippen molar-refractivity contribution in [1.82, 2.24) is 0 Å². The molecule has 0 radical (unpaired) electrons. The molecule has 0 aliphatic rings. The molecule has 0 N–H and O–H groups in total. The van der Waals surface area contributed by atoms with Gasteiger partial charge in [-0.15, -0.1) is 0 Å². The highest BCUT2D eigenvalue weighted by atomic mass is 28.4. The zero-order valence-corrected chi connectivity index (χ0v) is 12.7. The first kappa shape index (κ1) is 14.2. The van der Waals surface area contributed by atoms with Crippen molar-refractivity contribution in [3.05, 3.63) is 30.3 Å². The minimum atomic E-state index is -2.37. The second kappa shape index (κ2) is 5.21. The molecule has 96 valence electrons. The Morgan fingerprint density at radius 1 is 1.00 bits per heavy atom. The van der Waals surface area contributed by atoms with Gasteiger partial charge >= 0.3 is 8.72 Å². The summed E-state index contributed by atoms with van der Waals surface area (Å²) < 4.78 is 13.6. The normalized spacial score (nSPS) is 12.6. The summed E-state index contributed by atoms with van der Waals surface area (Å²) in [7, 11) is 1.07. The van der Waals surface area contributed by atoms with Crippen LogP contribution in [0.5, 0.6) is 0 Å².